The van der Waals surface area contributed by atoms with Crippen molar-refractivity contribution in [3.8, 4) is 0 Å². The highest BCUT2D eigenvalue weighted by Crippen LogP contribution is 2.16. The van der Waals surface area contributed by atoms with Gasteiger partial charge in [0.1, 0.15) is 5.82 Å². The van der Waals surface area contributed by atoms with Crippen molar-refractivity contribution in [3.05, 3.63) is 23.4 Å². The number of carbonyl (C=O) groups excluding carboxylic acids is 1. The molecular formula is C16H25N3O2. The molecule has 1 atom stereocenters. The molecule has 2 heterocycles. The van der Waals surface area contributed by atoms with Crippen LogP contribution < -0.4 is 5.32 Å². The molecule has 0 saturated carbocycles. The summed E-state index contributed by atoms with van der Waals surface area (Å²) in [5, 5.41) is 3.01. The molecule has 5 nitrogen and oxygen atoms in total. The van der Waals surface area contributed by atoms with Gasteiger partial charge in [-0.1, -0.05) is 6.92 Å². The highest BCUT2D eigenvalue weighted by molar-refractivity contribution is 5.94. The molecule has 1 aliphatic rings. The van der Waals surface area contributed by atoms with Crippen molar-refractivity contribution in [1.29, 1.82) is 0 Å². The molecule has 1 unspecified atom stereocenters. The fourth-order valence-electron chi connectivity index (χ4n) is 2.58. The van der Waals surface area contributed by atoms with Gasteiger partial charge in [-0.05, 0) is 37.8 Å². The molecule has 5 heteroatoms. The molecule has 0 aliphatic carbocycles. The van der Waals surface area contributed by atoms with Crippen LogP contribution in [0, 0.1) is 0 Å². The highest BCUT2D eigenvalue weighted by Gasteiger charge is 2.20. The lowest BCUT2D eigenvalue weighted by atomic mass is 10.1. The second-order valence-electron chi connectivity index (χ2n) is 5.51. The van der Waals surface area contributed by atoms with Crippen LogP contribution in [0.4, 0.5) is 5.82 Å². The summed E-state index contributed by atoms with van der Waals surface area (Å²) in [7, 11) is 3.65. The highest BCUT2D eigenvalue weighted by atomic mass is 16.5. The Hall–Kier alpha value is -1.62. The summed E-state index contributed by atoms with van der Waals surface area (Å²) in [5.41, 5.74) is 1.61. The summed E-state index contributed by atoms with van der Waals surface area (Å²) in [6, 6.07) is 3.68. The minimum Gasteiger partial charge on any atom is -0.376 e. The number of nitrogens with one attached hydrogen (secondary N) is 1. The minimum atomic E-state index is 0.0257. The largest absolute Gasteiger partial charge is 0.376 e. The Morgan fingerprint density at radius 1 is 1.48 bits per heavy atom. The summed E-state index contributed by atoms with van der Waals surface area (Å²) in [6.45, 7) is 3.50. The summed E-state index contributed by atoms with van der Waals surface area (Å²) >= 11 is 0. The molecule has 21 heavy (non-hydrogen) atoms. The summed E-state index contributed by atoms with van der Waals surface area (Å²) in [5.74, 6) is 0.762. The molecule has 1 saturated heterocycles. The van der Waals surface area contributed by atoms with Gasteiger partial charge in [0.2, 0.25) is 0 Å². The van der Waals surface area contributed by atoms with E-state index in [0.717, 1.165) is 37.4 Å². The standard InChI is InChI=1S/C16H25N3O2/c1-4-13-9-12(10-15(17-2)18-13)16(20)19(3)11-14-7-5-6-8-21-14/h9-10,14H,4-8,11H2,1-3H3,(H,17,18). The lowest BCUT2D eigenvalue weighted by molar-refractivity contribution is -0.000189. The number of aryl methyl sites for hydroxylation is 1. The van der Waals surface area contributed by atoms with Gasteiger partial charge in [0.05, 0.1) is 6.10 Å². The maximum absolute atomic E-state index is 12.6. The summed E-state index contributed by atoms with van der Waals surface area (Å²) in [4.78, 5) is 18.7. The van der Waals surface area contributed by atoms with Gasteiger partial charge < -0.3 is 15.0 Å². The number of nitrogens with zero attached hydrogens (tertiary/aromatic N) is 2. The fraction of sp³-hybridized carbons (Fsp3) is 0.625. The molecular weight excluding hydrogens is 266 g/mol. The molecule has 1 amide bonds. The van der Waals surface area contributed by atoms with E-state index in [9.17, 15) is 4.79 Å². The molecule has 0 bridgehead atoms. The number of ether oxygens (including phenoxy) is 1. The first-order chi connectivity index (χ1) is 10.1. The van der Waals surface area contributed by atoms with Crippen LogP contribution in [0.2, 0.25) is 0 Å². The van der Waals surface area contributed by atoms with Crippen molar-refractivity contribution in [1.82, 2.24) is 9.88 Å². The van der Waals surface area contributed by atoms with Gasteiger partial charge in [-0.15, -0.1) is 0 Å². The average Bonchev–Trinajstić information content (AvgIpc) is 2.54. The fourth-order valence-corrected chi connectivity index (χ4v) is 2.58. The number of anilines is 1. The van der Waals surface area contributed by atoms with Crippen molar-refractivity contribution < 1.29 is 9.53 Å². The monoisotopic (exact) mass is 291 g/mol. The third kappa shape index (κ3) is 4.17. The number of amides is 1. The lowest BCUT2D eigenvalue weighted by Crippen LogP contribution is -2.37. The van der Waals surface area contributed by atoms with Crippen molar-refractivity contribution in [2.24, 2.45) is 0 Å². The van der Waals surface area contributed by atoms with Crippen molar-refractivity contribution in [2.75, 3.05) is 32.6 Å². The van der Waals surface area contributed by atoms with E-state index < -0.39 is 0 Å². The van der Waals surface area contributed by atoms with Crippen LogP contribution in [-0.4, -0.2) is 49.1 Å². The second-order valence-corrected chi connectivity index (χ2v) is 5.51. The number of aromatic nitrogens is 1. The van der Waals surface area contributed by atoms with Crippen LogP contribution in [0.5, 0.6) is 0 Å². The van der Waals surface area contributed by atoms with Gasteiger partial charge >= 0.3 is 0 Å². The number of hydrogen-bond donors (Lipinski definition) is 1. The van der Waals surface area contributed by atoms with E-state index in [1.54, 1.807) is 11.0 Å². The number of pyridine rings is 1. The number of hydrogen-bond acceptors (Lipinski definition) is 4. The van der Waals surface area contributed by atoms with Crippen LogP contribution in [0.3, 0.4) is 0 Å². The van der Waals surface area contributed by atoms with Gasteiger partial charge in [-0.25, -0.2) is 4.98 Å². The molecule has 1 aromatic heterocycles. The third-order valence-electron chi connectivity index (χ3n) is 3.84. The molecule has 1 aliphatic heterocycles. The van der Waals surface area contributed by atoms with Gasteiger partial charge in [0.25, 0.3) is 5.91 Å². The zero-order valence-corrected chi connectivity index (χ0v) is 13.2. The van der Waals surface area contributed by atoms with Crippen molar-refractivity contribution in [2.45, 2.75) is 38.7 Å². The quantitative estimate of drug-likeness (QED) is 0.904. The first-order valence-electron chi connectivity index (χ1n) is 7.69. The molecule has 0 aromatic carbocycles. The van der Waals surface area contributed by atoms with Crippen LogP contribution >= 0.6 is 0 Å². The normalized spacial score (nSPS) is 18.3. The number of rotatable bonds is 5. The van der Waals surface area contributed by atoms with Crippen LogP contribution in [0.25, 0.3) is 0 Å². The molecule has 0 spiro atoms. The molecule has 1 aromatic rings. The van der Waals surface area contributed by atoms with Gasteiger partial charge in [0, 0.05) is 38.5 Å². The zero-order chi connectivity index (χ0) is 15.2. The minimum absolute atomic E-state index is 0.0257. The lowest BCUT2D eigenvalue weighted by Gasteiger charge is -2.27. The Kier molecular flexibility index (Phi) is 5.56. The molecule has 2 rings (SSSR count). The molecule has 1 fully saturated rings. The number of carbonyl (C=O) groups is 1. The summed E-state index contributed by atoms with van der Waals surface area (Å²) < 4.78 is 5.71. The Balaban J connectivity index is 2.07. The predicted octanol–water partition coefficient (Wildman–Crippen LogP) is 2.33. The smallest absolute Gasteiger partial charge is 0.253 e. The Bertz CT molecular complexity index is 462. The van der Waals surface area contributed by atoms with E-state index in [2.05, 4.69) is 10.3 Å². The van der Waals surface area contributed by atoms with E-state index in [1.807, 2.05) is 27.1 Å². The Labute approximate surface area is 126 Å². The molecule has 1 N–H and O–H groups in total. The van der Waals surface area contributed by atoms with E-state index in [1.165, 1.54) is 6.42 Å². The number of likely N-dealkylation sites (N-methyl/N-ethyl adjacent to an activating group) is 1. The van der Waals surface area contributed by atoms with Crippen LogP contribution in [-0.2, 0) is 11.2 Å². The van der Waals surface area contributed by atoms with Gasteiger partial charge in [0.15, 0.2) is 0 Å². The Morgan fingerprint density at radius 3 is 2.90 bits per heavy atom. The first kappa shape index (κ1) is 15.8. The predicted molar refractivity (Wildman–Crippen MR) is 83.7 cm³/mol. The Morgan fingerprint density at radius 2 is 2.29 bits per heavy atom. The molecule has 116 valence electrons. The van der Waals surface area contributed by atoms with Crippen molar-refractivity contribution in [3.63, 3.8) is 0 Å². The van der Waals surface area contributed by atoms with Gasteiger partial charge in [-0.3, -0.25) is 4.79 Å². The first-order valence-corrected chi connectivity index (χ1v) is 7.69. The van der Waals surface area contributed by atoms with E-state index in [-0.39, 0.29) is 12.0 Å². The van der Waals surface area contributed by atoms with Crippen LogP contribution in [0.15, 0.2) is 12.1 Å². The van der Waals surface area contributed by atoms with Crippen LogP contribution in [0.1, 0.15) is 42.2 Å². The SMILES string of the molecule is CCc1cc(C(=O)N(C)CC2CCCCO2)cc(NC)n1. The topological polar surface area (TPSA) is 54.5 Å². The van der Waals surface area contributed by atoms with E-state index >= 15 is 0 Å². The van der Waals surface area contributed by atoms with E-state index in [0.29, 0.717) is 12.1 Å². The maximum atomic E-state index is 12.6. The zero-order valence-electron chi connectivity index (χ0n) is 13.2. The van der Waals surface area contributed by atoms with E-state index in [4.69, 9.17) is 4.74 Å². The maximum Gasteiger partial charge on any atom is 0.253 e. The summed E-state index contributed by atoms with van der Waals surface area (Å²) in [6.07, 6.45) is 4.33. The average molecular weight is 291 g/mol. The van der Waals surface area contributed by atoms with Gasteiger partial charge in [-0.2, -0.15) is 0 Å². The third-order valence-corrected chi connectivity index (χ3v) is 3.84. The second kappa shape index (κ2) is 7.41. The van der Waals surface area contributed by atoms with Crippen molar-refractivity contribution >= 4 is 11.7 Å². The molecule has 0 radical (unpaired) electrons.